The maximum Gasteiger partial charge on any atom is 0.227 e. The predicted molar refractivity (Wildman–Crippen MR) is 74.7 cm³/mol. The van der Waals surface area contributed by atoms with E-state index in [1.165, 1.54) is 12.1 Å². The molecular formula is C15H21FN2O2. The third-order valence-electron chi connectivity index (χ3n) is 3.34. The summed E-state index contributed by atoms with van der Waals surface area (Å²) in [6.07, 6.45) is 0.0562. The predicted octanol–water partition coefficient (Wildman–Crippen LogP) is 1.33. The number of carbonyl (C=O) groups is 1. The van der Waals surface area contributed by atoms with Gasteiger partial charge in [-0.3, -0.25) is 4.79 Å². The van der Waals surface area contributed by atoms with Crippen LogP contribution in [0.2, 0.25) is 0 Å². The molecule has 0 saturated carbocycles. The van der Waals surface area contributed by atoms with Crippen LogP contribution in [0.25, 0.3) is 0 Å². The highest BCUT2D eigenvalue weighted by Crippen LogP contribution is 2.21. The van der Waals surface area contributed by atoms with E-state index in [1.54, 1.807) is 17.0 Å². The van der Waals surface area contributed by atoms with Crippen LogP contribution in [0.3, 0.4) is 0 Å². The molecule has 0 radical (unpaired) electrons. The van der Waals surface area contributed by atoms with Crippen molar-refractivity contribution >= 4 is 5.91 Å². The molecule has 0 aromatic heterocycles. The van der Waals surface area contributed by atoms with E-state index in [4.69, 9.17) is 10.5 Å². The first kappa shape index (κ1) is 14.9. The zero-order valence-corrected chi connectivity index (χ0v) is 11.9. The maximum absolute atomic E-state index is 13.1. The average Bonchev–Trinajstić information content (AvgIpc) is 2.36. The van der Waals surface area contributed by atoms with Gasteiger partial charge in [0.05, 0.1) is 18.1 Å². The summed E-state index contributed by atoms with van der Waals surface area (Å²) in [6.45, 7) is 5.29. The van der Waals surface area contributed by atoms with E-state index < -0.39 is 5.60 Å². The van der Waals surface area contributed by atoms with Crippen molar-refractivity contribution in [3.05, 3.63) is 35.6 Å². The molecule has 110 valence electrons. The van der Waals surface area contributed by atoms with Crippen molar-refractivity contribution in [2.45, 2.75) is 32.0 Å². The Hall–Kier alpha value is -1.46. The van der Waals surface area contributed by atoms with Gasteiger partial charge in [0, 0.05) is 19.6 Å². The first-order chi connectivity index (χ1) is 9.39. The van der Waals surface area contributed by atoms with Crippen molar-refractivity contribution in [3.63, 3.8) is 0 Å². The Morgan fingerprint density at radius 3 is 2.95 bits per heavy atom. The SMILES string of the molecule is CC1(C)CN(C(=O)Cc2cccc(F)c2)CC(CN)O1. The molecule has 0 bridgehead atoms. The molecule has 0 aliphatic carbocycles. The third-order valence-corrected chi connectivity index (χ3v) is 3.34. The van der Waals surface area contributed by atoms with Crippen LogP contribution < -0.4 is 5.73 Å². The molecule has 1 fully saturated rings. The lowest BCUT2D eigenvalue weighted by Gasteiger charge is -2.42. The second-order valence-corrected chi connectivity index (χ2v) is 5.82. The molecule has 4 nitrogen and oxygen atoms in total. The number of rotatable bonds is 3. The van der Waals surface area contributed by atoms with Gasteiger partial charge in [0.25, 0.3) is 0 Å². The molecule has 1 amide bonds. The summed E-state index contributed by atoms with van der Waals surface area (Å²) in [4.78, 5) is 14.1. The molecule has 1 atom stereocenters. The van der Waals surface area contributed by atoms with E-state index in [0.29, 0.717) is 25.2 Å². The minimum atomic E-state index is -0.403. The second-order valence-electron chi connectivity index (χ2n) is 5.82. The number of hydrogen-bond donors (Lipinski definition) is 1. The number of amides is 1. The van der Waals surface area contributed by atoms with E-state index >= 15 is 0 Å². The van der Waals surface area contributed by atoms with Crippen LogP contribution in [-0.4, -0.2) is 42.1 Å². The largest absolute Gasteiger partial charge is 0.367 e. The topological polar surface area (TPSA) is 55.6 Å². The number of halogens is 1. The van der Waals surface area contributed by atoms with Crippen LogP contribution in [0, 0.1) is 5.82 Å². The fraction of sp³-hybridized carbons (Fsp3) is 0.533. The lowest BCUT2D eigenvalue weighted by atomic mass is 10.0. The molecule has 0 spiro atoms. The Morgan fingerprint density at radius 1 is 1.55 bits per heavy atom. The molecule has 2 rings (SSSR count). The van der Waals surface area contributed by atoms with Crippen LogP contribution in [0.1, 0.15) is 19.4 Å². The number of hydrogen-bond acceptors (Lipinski definition) is 3. The van der Waals surface area contributed by atoms with Crippen LogP contribution in [0.15, 0.2) is 24.3 Å². The molecule has 1 heterocycles. The van der Waals surface area contributed by atoms with Crippen molar-refractivity contribution in [2.24, 2.45) is 5.73 Å². The van der Waals surface area contributed by atoms with Crippen molar-refractivity contribution in [2.75, 3.05) is 19.6 Å². The van der Waals surface area contributed by atoms with Gasteiger partial charge in [-0.2, -0.15) is 0 Å². The number of ether oxygens (including phenoxy) is 1. The van der Waals surface area contributed by atoms with Gasteiger partial charge in [-0.15, -0.1) is 0 Å². The molecule has 1 saturated heterocycles. The number of nitrogens with two attached hydrogens (primary N) is 1. The van der Waals surface area contributed by atoms with Gasteiger partial charge in [-0.1, -0.05) is 12.1 Å². The fourth-order valence-corrected chi connectivity index (χ4v) is 2.54. The standard InChI is InChI=1S/C15H21FN2O2/c1-15(2)10-18(9-13(8-17)20-15)14(19)7-11-4-3-5-12(16)6-11/h3-6,13H,7-10,17H2,1-2H3. The van der Waals surface area contributed by atoms with E-state index in [0.717, 1.165) is 0 Å². The Balaban J connectivity index is 2.04. The number of nitrogens with zero attached hydrogens (tertiary/aromatic N) is 1. The Kier molecular flexibility index (Phi) is 4.40. The van der Waals surface area contributed by atoms with Gasteiger partial charge in [0.1, 0.15) is 5.82 Å². The molecule has 20 heavy (non-hydrogen) atoms. The quantitative estimate of drug-likeness (QED) is 0.909. The van der Waals surface area contributed by atoms with E-state index in [-0.39, 0.29) is 24.2 Å². The number of morpholine rings is 1. The van der Waals surface area contributed by atoms with E-state index in [2.05, 4.69) is 0 Å². The fourth-order valence-electron chi connectivity index (χ4n) is 2.54. The second kappa shape index (κ2) is 5.89. The zero-order chi connectivity index (χ0) is 14.8. The van der Waals surface area contributed by atoms with Crippen molar-refractivity contribution in [1.29, 1.82) is 0 Å². The van der Waals surface area contributed by atoms with E-state index in [9.17, 15) is 9.18 Å². The first-order valence-corrected chi connectivity index (χ1v) is 6.80. The first-order valence-electron chi connectivity index (χ1n) is 6.80. The molecule has 1 aromatic rings. The van der Waals surface area contributed by atoms with Crippen LogP contribution >= 0.6 is 0 Å². The van der Waals surface area contributed by atoms with Gasteiger partial charge < -0.3 is 15.4 Å². The molecule has 1 aliphatic rings. The summed E-state index contributed by atoms with van der Waals surface area (Å²) in [5, 5.41) is 0. The molecule has 1 aliphatic heterocycles. The van der Waals surface area contributed by atoms with Crippen LogP contribution in [0.5, 0.6) is 0 Å². The average molecular weight is 280 g/mol. The Labute approximate surface area is 118 Å². The third kappa shape index (κ3) is 3.77. The molecule has 2 N–H and O–H groups in total. The van der Waals surface area contributed by atoms with Gasteiger partial charge in [0.15, 0.2) is 0 Å². The minimum Gasteiger partial charge on any atom is -0.367 e. The van der Waals surface area contributed by atoms with E-state index in [1.807, 2.05) is 13.8 Å². The Morgan fingerprint density at radius 2 is 2.30 bits per heavy atom. The molecule has 5 heteroatoms. The van der Waals surface area contributed by atoms with Crippen molar-refractivity contribution < 1.29 is 13.9 Å². The summed E-state index contributed by atoms with van der Waals surface area (Å²) >= 11 is 0. The lowest BCUT2D eigenvalue weighted by Crippen LogP contribution is -2.56. The maximum atomic E-state index is 13.1. The van der Waals surface area contributed by atoms with Gasteiger partial charge >= 0.3 is 0 Å². The summed E-state index contributed by atoms with van der Waals surface area (Å²) in [6, 6.07) is 6.14. The van der Waals surface area contributed by atoms with Crippen molar-refractivity contribution in [3.8, 4) is 0 Å². The van der Waals surface area contributed by atoms with Crippen LogP contribution in [-0.2, 0) is 16.0 Å². The van der Waals surface area contributed by atoms with Gasteiger partial charge in [-0.25, -0.2) is 4.39 Å². The molecule has 1 aromatic carbocycles. The smallest absolute Gasteiger partial charge is 0.227 e. The summed E-state index contributed by atoms with van der Waals surface area (Å²) in [5.41, 5.74) is 5.93. The Bertz CT molecular complexity index is 491. The monoisotopic (exact) mass is 280 g/mol. The van der Waals surface area contributed by atoms with Gasteiger partial charge in [-0.05, 0) is 31.5 Å². The highest BCUT2D eigenvalue weighted by molar-refractivity contribution is 5.79. The summed E-state index contributed by atoms with van der Waals surface area (Å²) in [5.74, 6) is -0.345. The zero-order valence-electron chi connectivity index (χ0n) is 11.9. The number of benzene rings is 1. The molecule has 1 unspecified atom stereocenters. The van der Waals surface area contributed by atoms with Gasteiger partial charge in [0.2, 0.25) is 5.91 Å². The van der Waals surface area contributed by atoms with Crippen LogP contribution in [0.4, 0.5) is 4.39 Å². The summed E-state index contributed by atoms with van der Waals surface area (Å²) < 4.78 is 18.9. The summed E-state index contributed by atoms with van der Waals surface area (Å²) in [7, 11) is 0. The highest BCUT2D eigenvalue weighted by atomic mass is 19.1. The minimum absolute atomic E-state index is 0.0228. The lowest BCUT2D eigenvalue weighted by molar-refractivity contribution is -0.158. The normalized spacial score (nSPS) is 21.8. The number of carbonyl (C=O) groups excluding carboxylic acids is 1. The van der Waals surface area contributed by atoms with Crippen molar-refractivity contribution in [1.82, 2.24) is 4.90 Å². The highest BCUT2D eigenvalue weighted by Gasteiger charge is 2.34. The molecular weight excluding hydrogens is 259 g/mol.